The number of anilines is 1. The molecule has 1 atom stereocenters. The highest BCUT2D eigenvalue weighted by Crippen LogP contribution is 2.18. The molecule has 0 saturated carbocycles. The van der Waals surface area contributed by atoms with Crippen LogP contribution in [0.25, 0.3) is 0 Å². The minimum atomic E-state index is 0.324. The SMILES string of the molecule is COC1CCN(c2cncc(CNCC(C)C)n2)C1. The first-order valence-corrected chi connectivity index (χ1v) is 6.98. The summed E-state index contributed by atoms with van der Waals surface area (Å²) in [6.07, 6.45) is 5.06. The van der Waals surface area contributed by atoms with Crippen molar-refractivity contribution in [3.8, 4) is 0 Å². The summed E-state index contributed by atoms with van der Waals surface area (Å²) in [6.45, 7) is 8.08. The predicted molar refractivity (Wildman–Crippen MR) is 76.2 cm³/mol. The average molecular weight is 264 g/mol. The van der Waals surface area contributed by atoms with Crippen LogP contribution in [-0.2, 0) is 11.3 Å². The Morgan fingerprint density at radius 3 is 3.00 bits per heavy atom. The number of hydrogen-bond acceptors (Lipinski definition) is 5. The first-order valence-electron chi connectivity index (χ1n) is 6.98. The van der Waals surface area contributed by atoms with Gasteiger partial charge < -0.3 is 15.0 Å². The Balaban J connectivity index is 1.92. The fourth-order valence-corrected chi connectivity index (χ4v) is 2.25. The number of methoxy groups -OCH3 is 1. The highest BCUT2D eigenvalue weighted by atomic mass is 16.5. The van der Waals surface area contributed by atoms with Gasteiger partial charge in [-0.05, 0) is 18.9 Å². The van der Waals surface area contributed by atoms with E-state index >= 15 is 0 Å². The molecule has 0 bridgehead atoms. The Labute approximate surface area is 115 Å². The molecule has 1 aromatic heterocycles. The molecule has 0 spiro atoms. The van der Waals surface area contributed by atoms with Gasteiger partial charge in [0.2, 0.25) is 0 Å². The molecule has 0 aromatic carbocycles. The molecule has 2 heterocycles. The van der Waals surface area contributed by atoms with Crippen LogP contribution in [0.5, 0.6) is 0 Å². The van der Waals surface area contributed by atoms with Crippen LogP contribution in [0.15, 0.2) is 12.4 Å². The summed E-state index contributed by atoms with van der Waals surface area (Å²) in [5, 5.41) is 3.39. The van der Waals surface area contributed by atoms with E-state index in [1.54, 1.807) is 7.11 Å². The normalized spacial score (nSPS) is 19.4. The van der Waals surface area contributed by atoms with Crippen molar-refractivity contribution in [3.63, 3.8) is 0 Å². The van der Waals surface area contributed by atoms with Crippen LogP contribution < -0.4 is 10.2 Å². The zero-order valence-corrected chi connectivity index (χ0v) is 12.1. The Hall–Kier alpha value is -1.20. The average Bonchev–Trinajstić information content (AvgIpc) is 2.87. The second-order valence-corrected chi connectivity index (χ2v) is 5.49. The molecule has 1 N–H and O–H groups in total. The lowest BCUT2D eigenvalue weighted by atomic mass is 10.2. The van der Waals surface area contributed by atoms with Crippen molar-refractivity contribution in [2.24, 2.45) is 5.92 Å². The summed E-state index contributed by atoms with van der Waals surface area (Å²) < 4.78 is 5.38. The summed E-state index contributed by atoms with van der Waals surface area (Å²) in [5.74, 6) is 1.61. The van der Waals surface area contributed by atoms with Gasteiger partial charge in [0.15, 0.2) is 0 Å². The van der Waals surface area contributed by atoms with Crippen molar-refractivity contribution in [3.05, 3.63) is 18.1 Å². The number of hydrogen-bond donors (Lipinski definition) is 1. The molecular weight excluding hydrogens is 240 g/mol. The van der Waals surface area contributed by atoms with E-state index < -0.39 is 0 Å². The molecule has 2 rings (SSSR count). The van der Waals surface area contributed by atoms with Crippen molar-refractivity contribution in [2.45, 2.75) is 32.9 Å². The summed E-state index contributed by atoms with van der Waals surface area (Å²) >= 11 is 0. The van der Waals surface area contributed by atoms with Crippen LogP contribution >= 0.6 is 0 Å². The zero-order valence-electron chi connectivity index (χ0n) is 12.1. The smallest absolute Gasteiger partial charge is 0.147 e. The van der Waals surface area contributed by atoms with E-state index in [9.17, 15) is 0 Å². The topological polar surface area (TPSA) is 50.3 Å². The first-order chi connectivity index (χ1) is 9.19. The van der Waals surface area contributed by atoms with E-state index in [4.69, 9.17) is 4.74 Å². The molecule has 5 heteroatoms. The van der Waals surface area contributed by atoms with Crippen molar-refractivity contribution in [1.82, 2.24) is 15.3 Å². The van der Waals surface area contributed by atoms with E-state index in [2.05, 4.69) is 34.0 Å². The predicted octanol–water partition coefficient (Wildman–Crippen LogP) is 1.45. The van der Waals surface area contributed by atoms with Crippen LogP contribution in [0.1, 0.15) is 26.0 Å². The van der Waals surface area contributed by atoms with Crippen molar-refractivity contribution < 1.29 is 4.74 Å². The van der Waals surface area contributed by atoms with Gasteiger partial charge >= 0.3 is 0 Å². The molecule has 1 unspecified atom stereocenters. The van der Waals surface area contributed by atoms with Gasteiger partial charge in [0, 0.05) is 32.9 Å². The molecule has 106 valence electrons. The fraction of sp³-hybridized carbons (Fsp3) is 0.714. The molecule has 19 heavy (non-hydrogen) atoms. The quantitative estimate of drug-likeness (QED) is 0.842. The molecule has 0 aliphatic carbocycles. The standard InChI is InChI=1S/C14H24N4O/c1-11(2)6-15-7-12-8-16-9-14(17-12)18-5-4-13(10-18)19-3/h8-9,11,13,15H,4-7,10H2,1-3H3. The lowest BCUT2D eigenvalue weighted by Gasteiger charge is -2.17. The molecule has 1 saturated heterocycles. The van der Waals surface area contributed by atoms with Crippen molar-refractivity contribution in [2.75, 3.05) is 31.6 Å². The van der Waals surface area contributed by atoms with Gasteiger partial charge in [0.25, 0.3) is 0 Å². The molecular formula is C14H24N4O. The number of aromatic nitrogens is 2. The maximum Gasteiger partial charge on any atom is 0.147 e. The largest absolute Gasteiger partial charge is 0.380 e. The second-order valence-electron chi connectivity index (χ2n) is 5.49. The molecule has 5 nitrogen and oxygen atoms in total. The van der Waals surface area contributed by atoms with Gasteiger partial charge in [-0.15, -0.1) is 0 Å². The van der Waals surface area contributed by atoms with Crippen LogP contribution in [0.3, 0.4) is 0 Å². The lowest BCUT2D eigenvalue weighted by Crippen LogP contribution is -2.24. The zero-order chi connectivity index (χ0) is 13.7. The summed E-state index contributed by atoms with van der Waals surface area (Å²) in [5.41, 5.74) is 0.999. The second kappa shape index (κ2) is 6.82. The molecule has 0 amide bonds. The summed E-state index contributed by atoms with van der Waals surface area (Å²) in [6, 6.07) is 0. The molecule has 1 aliphatic rings. The highest BCUT2D eigenvalue weighted by molar-refractivity contribution is 5.38. The number of rotatable bonds is 6. The van der Waals surface area contributed by atoms with Gasteiger partial charge in [-0.3, -0.25) is 4.98 Å². The number of ether oxygens (including phenoxy) is 1. The van der Waals surface area contributed by atoms with Gasteiger partial charge in [-0.25, -0.2) is 4.98 Å². The van der Waals surface area contributed by atoms with Gasteiger partial charge in [0.05, 0.1) is 18.0 Å². The van der Waals surface area contributed by atoms with Crippen LogP contribution in [-0.4, -0.2) is 42.8 Å². The van der Waals surface area contributed by atoms with E-state index in [1.165, 1.54) is 0 Å². The number of nitrogens with one attached hydrogen (secondary N) is 1. The third kappa shape index (κ3) is 4.14. The Morgan fingerprint density at radius 1 is 1.47 bits per heavy atom. The molecule has 1 aliphatic heterocycles. The molecule has 1 aromatic rings. The van der Waals surface area contributed by atoms with E-state index in [0.29, 0.717) is 12.0 Å². The van der Waals surface area contributed by atoms with E-state index in [-0.39, 0.29) is 0 Å². The van der Waals surface area contributed by atoms with Crippen LogP contribution in [0, 0.1) is 5.92 Å². The highest BCUT2D eigenvalue weighted by Gasteiger charge is 2.23. The summed E-state index contributed by atoms with van der Waals surface area (Å²) in [7, 11) is 1.77. The van der Waals surface area contributed by atoms with Crippen LogP contribution in [0.2, 0.25) is 0 Å². The molecule has 0 radical (unpaired) electrons. The van der Waals surface area contributed by atoms with Crippen molar-refractivity contribution in [1.29, 1.82) is 0 Å². The Kier molecular flexibility index (Phi) is 5.10. The van der Waals surface area contributed by atoms with Gasteiger partial charge in [-0.1, -0.05) is 13.8 Å². The van der Waals surface area contributed by atoms with Gasteiger partial charge in [-0.2, -0.15) is 0 Å². The lowest BCUT2D eigenvalue weighted by molar-refractivity contribution is 0.121. The van der Waals surface area contributed by atoms with Crippen LogP contribution in [0.4, 0.5) is 5.82 Å². The van der Waals surface area contributed by atoms with Crippen molar-refractivity contribution >= 4 is 5.82 Å². The minimum absolute atomic E-state index is 0.324. The first kappa shape index (κ1) is 14.2. The third-order valence-electron chi connectivity index (χ3n) is 3.33. The Morgan fingerprint density at radius 2 is 2.32 bits per heavy atom. The monoisotopic (exact) mass is 264 g/mol. The molecule has 1 fully saturated rings. The van der Waals surface area contributed by atoms with E-state index in [0.717, 1.165) is 44.1 Å². The van der Waals surface area contributed by atoms with Gasteiger partial charge in [0.1, 0.15) is 5.82 Å². The summed E-state index contributed by atoms with van der Waals surface area (Å²) in [4.78, 5) is 11.2. The minimum Gasteiger partial charge on any atom is -0.380 e. The Bertz CT molecular complexity index is 397. The van der Waals surface area contributed by atoms with E-state index in [1.807, 2.05) is 12.4 Å². The maximum absolute atomic E-state index is 5.38. The fourth-order valence-electron chi connectivity index (χ4n) is 2.25. The number of nitrogens with zero attached hydrogens (tertiary/aromatic N) is 3. The third-order valence-corrected chi connectivity index (χ3v) is 3.33. The maximum atomic E-state index is 5.38.